The summed E-state index contributed by atoms with van der Waals surface area (Å²) in [6.07, 6.45) is 0. The van der Waals surface area contributed by atoms with E-state index in [1.807, 2.05) is 0 Å². The number of halogens is 3. The molecule has 0 fully saturated rings. The number of aliphatic imine (C=N–C) groups is 1. The van der Waals surface area contributed by atoms with Crippen molar-refractivity contribution in [3.05, 3.63) is 59.4 Å². The average molecular weight is 293 g/mol. The first-order chi connectivity index (χ1) is 9.91. The number of hydrogen-bond acceptors (Lipinski definition) is 1. The van der Waals surface area contributed by atoms with Crippen LogP contribution in [0.5, 0.6) is 0 Å². The van der Waals surface area contributed by atoms with Crippen molar-refractivity contribution in [2.75, 3.05) is 0 Å². The number of carbonyl (C=O) groups is 1. The second-order valence-electron chi connectivity index (χ2n) is 4.12. The molecule has 2 rings (SSSR count). The molecule has 7 heteroatoms. The Balaban J connectivity index is 2.75. The van der Waals surface area contributed by atoms with Crippen molar-refractivity contribution in [1.29, 1.82) is 0 Å². The topological polar surface area (TPSA) is 81.5 Å². The van der Waals surface area contributed by atoms with Crippen molar-refractivity contribution in [2.45, 2.75) is 0 Å². The lowest BCUT2D eigenvalue weighted by atomic mass is 9.98. The molecule has 0 aliphatic carbocycles. The maximum atomic E-state index is 14.0. The molecule has 0 aliphatic heterocycles. The zero-order valence-corrected chi connectivity index (χ0v) is 10.6. The van der Waals surface area contributed by atoms with Crippen LogP contribution in [0.2, 0.25) is 0 Å². The third-order valence-electron chi connectivity index (χ3n) is 2.69. The van der Waals surface area contributed by atoms with Gasteiger partial charge in [0.05, 0.1) is 5.56 Å². The van der Waals surface area contributed by atoms with Crippen LogP contribution in [0.3, 0.4) is 0 Å². The molecule has 0 atom stereocenters. The van der Waals surface area contributed by atoms with Gasteiger partial charge in [-0.25, -0.2) is 13.2 Å². The maximum absolute atomic E-state index is 14.0. The van der Waals surface area contributed by atoms with E-state index in [1.165, 1.54) is 12.1 Å². The molecular weight excluding hydrogens is 283 g/mol. The van der Waals surface area contributed by atoms with E-state index in [-0.39, 0.29) is 5.56 Å². The number of nitrogens with two attached hydrogens (primary N) is 2. The van der Waals surface area contributed by atoms with E-state index in [0.717, 1.165) is 0 Å². The lowest BCUT2D eigenvalue weighted by molar-refractivity contribution is 0.100. The van der Waals surface area contributed by atoms with Crippen molar-refractivity contribution in [1.82, 2.24) is 0 Å². The summed E-state index contributed by atoms with van der Waals surface area (Å²) in [5, 5.41) is 0. The van der Waals surface area contributed by atoms with Gasteiger partial charge in [0, 0.05) is 5.56 Å². The van der Waals surface area contributed by atoms with Crippen LogP contribution in [0.4, 0.5) is 13.2 Å². The van der Waals surface area contributed by atoms with Crippen molar-refractivity contribution in [2.24, 2.45) is 16.5 Å². The predicted octanol–water partition coefficient (Wildman–Crippen LogP) is 2.18. The van der Waals surface area contributed by atoms with Gasteiger partial charge in [-0.2, -0.15) is 4.99 Å². The molecule has 2 aromatic carbocycles. The molecule has 21 heavy (non-hydrogen) atoms. The van der Waals surface area contributed by atoms with Gasteiger partial charge in [-0.15, -0.1) is 0 Å². The molecule has 1 amide bonds. The Hall–Kier alpha value is -2.83. The second kappa shape index (κ2) is 5.66. The summed E-state index contributed by atoms with van der Waals surface area (Å²) < 4.78 is 40.8. The van der Waals surface area contributed by atoms with Crippen LogP contribution in [-0.2, 0) is 0 Å². The molecule has 0 aromatic heterocycles. The monoisotopic (exact) mass is 293 g/mol. The first-order valence-corrected chi connectivity index (χ1v) is 5.78. The smallest absolute Gasteiger partial charge is 0.281 e. The minimum Gasteiger partial charge on any atom is -0.370 e. The highest BCUT2D eigenvalue weighted by Gasteiger charge is 2.23. The summed E-state index contributed by atoms with van der Waals surface area (Å²) in [7, 11) is 0. The summed E-state index contributed by atoms with van der Waals surface area (Å²) in [4.78, 5) is 15.1. The first-order valence-electron chi connectivity index (χ1n) is 5.78. The summed E-state index contributed by atoms with van der Waals surface area (Å²) in [6.45, 7) is 0. The van der Waals surface area contributed by atoms with Gasteiger partial charge < -0.3 is 11.5 Å². The van der Waals surface area contributed by atoms with Crippen molar-refractivity contribution in [3.63, 3.8) is 0 Å². The van der Waals surface area contributed by atoms with Gasteiger partial charge in [-0.1, -0.05) is 30.3 Å². The number of benzene rings is 2. The van der Waals surface area contributed by atoms with Crippen molar-refractivity contribution in [3.8, 4) is 11.1 Å². The minimum absolute atomic E-state index is 0.197. The van der Waals surface area contributed by atoms with E-state index in [2.05, 4.69) is 4.99 Å². The van der Waals surface area contributed by atoms with E-state index in [9.17, 15) is 18.0 Å². The van der Waals surface area contributed by atoms with E-state index in [1.54, 1.807) is 18.2 Å². The highest BCUT2D eigenvalue weighted by molar-refractivity contribution is 6.06. The summed E-state index contributed by atoms with van der Waals surface area (Å²) >= 11 is 0. The molecule has 0 saturated heterocycles. The lowest BCUT2D eigenvalue weighted by Crippen LogP contribution is -2.24. The van der Waals surface area contributed by atoms with Crippen molar-refractivity contribution >= 4 is 11.9 Å². The lowest BCUT2D eigenvalue weighted by Gasteiger charge is -2.10. The Morgan fingerprint density at radius 2 is 1.62 bits per heavy atom. The maximum Gasteiger partial charge on any atom is 0.281 e. The number of carbonyl (C=O) groups excluding carboxylic acids is 1. The van der Waals surface area contributed by atoms with Gasteiger partial charge in [-0.3, -0.25) is 4.79 Å². The van der Waals surface area contributed by atoms with Crippen LogP contribution >= 0.6 is 0 Å². The molecule has 4 N–H and O–H groups in total. The zero-order chi connectivity index (χ0) is 15.6. The Kier molecular flexibility index (Phi) is 3.93. The Morgan fingerprint density at radius 3 is 2.19 bits per heavy atom. The molecule has 0 radical (unpaired) electrons. The third-order valence-corrected chi connectivity index (χ3v) is 2.69. The number of amides is 1. The fourth-order valence-corrected chi connectivity index (χ4v) is 1.83. The van der Waals surface area contributed by atoms with Crippen LogP contribution in [0.25, 0.3) is 11.1 Å². The van der Waals surface area contributed by atoms with Gasteiger partial charge in [0.1, 0.15) is 0 Å². The highest BCUT2D eigenvalue weighted by Crippen LogP contribution is 2.30. The SMILES string of the molecule is NC(N)=NC(=O)c1cc(F)c(F)c(F)c1-c1ccccc1. The Bertz CT molecular complexity index is 726. The number of guanidine groups is 1. The minimum atomic E-state index is -1.67. The summed E-state index contributed by atoms with van der Waals surface area (Å²) in [6, 6.07) is 8.23. The molecule has 0 bridgehead atoms. The van der Waals surface area contributed by atoms with Gasteiger partial charge in [0.15, 0.2) is 23.4 Å². The average Bonchev–Trinajstić information content (AvgIpc) is 2.44. The quantitative estimate of drug-likeness (QED) is 0.506. The van der Waals surface area contributed by atoms with E-state index in [4.69, 9.17) is 11.5 Å². The molecule has 0 heterocycles. The largest absolute Gasteiger partial charge is 0.370 e. The standard InChI is InChI=1S/C14H10F3N3O/c15-9-6-8(13(21)20-14(18)19)10(12(17)11(9)16)7-4-2-1-3-5-7/h1-6H,(H4,18,19,20,21). The van der Waals surface area contributed by atoms with Crippen molar-refractivity contribution < 1.29 is 18.0 Å². The molecule has 0 unspecified atom stereocenters. The molecule has 0 saturated carbocycles. The highest BCUT2D eigenvalue weighted by atomic mass is 19.2. The summed E-state index contributed by atoms with van der Waals surface area (Å²) in [5.41, 5.74) is 9.47. The summed E-state index contributed by atoms with van der Waals surface area (Å²) in [5.74, 6) is -6.28. The molecule has 2 aromatic rings. The van der Waals surface area contributed by atoms with Crippen LogP contribution in [-0.4, -0.2) is 11.9 Å². The predicted molar refractivity (Wildman–Crippen MR) is 71.9 cm³/mol. The number of nitrogens with zero attached hydrogens (tertiary/aromatic N) is 1. The fourth-order valence-electron chi connectivity index (χ4n) is 1.83. The Morgan fingerprint density at radius 1 is 1.00 bits per heavy atom. The second-order valence-corrected chi connectivity index (χ2v) is 4.12. The van der Waals surface area contributed by atoms with Gasteiger partial charge in [0.2, 0.25) is 0 Å². The molecule has 0 spiro atoms. The normalized spacial score (nSPS) is 10.2. The van der Waals surface area contributed by atoms with E-state index < -0.39 is 40.4 Å². The van der Waals surface area contributed by atoms with Crippen LogP contribution in [0.1, 0.15) is 10.4 Å². The fraction of sp³-hybridized carbons (Fsp3) is 0. The van der Waals surface area contributed by atoms with Crippen LogP contribution in [0.15, 0.2) is 41.4 Å². The van der Waals surface area contributed by atoms with E-state index >= 15 is 0 Å². The Labute approximate surface area is 117 Å². The molecule has 4 nitrogen and oxygen atoms in total. The molecule has 108 valence electrons. The first kappa shape index (κ1) is 14.6. The van der Waals surface area contributed by atoms with Gasteiger partial charge >= 0.3 is 0 Å². The van der Waals surface area contributed by atoms with Crippen LogP contribution in [0, 0.1) is 17.5 Å². The number of rotatable bonds is 2. The van der Waals surface area contributed by atoms with E-state index in [0.29, 0.717) is 6.07 Å². The molecular formula is C14H10F3N3O. The van der Waals surface area contributed by atoms with Crippen LogP contribution < -0.4 is 11.5 Å². The zero-order valence-electron chi connectivity index (χ0n) is 10.6. The number of hydrogen-bond donors (Lipinski definition) is 2. The van der Waals surface area contributed by atoms with Gasteiger partial charge in [0.25, 0.3) is 5.91 Å². The third kappa shape index (κ3) is 2.86. The van der Waals surface area contributed by atoms with Gasteiger partial charge in [-0.05, 0) is 11.6 Å². The molecule has 0 aliphatic rings.